The van der Waals surface area contributed by atoms with Crippen LogP contribution in [0.2, 0.25) is 5.02 Å². The Bertz CT molecular complexity index is 661. The van der Waals surface area contributed by atoms with Gasteiger partial charge in [0.15, 0.2) is 17.3 Å². The minimum atomic E-state index is -0.340. The average molecular weight is 291 g/mol. The number of ether oxygens (including phenoxy) is 2. The maximum atomic E-state index is 12.3. The number of aromatic nitrogens is 1. The van der Waals surface area contributed by atoms with E-state index in [0.29, 0.717) is 41.1 Å². The lowest BCUT2D eigenvalue weighted by molar-refractivity contribution is 0.101. The van der Waals surface area contributed by atoms with Gasteiger partial charge < -0.3 is 14.8 Å². The zero-order valence-corrected chi connectivity index (χ0v) is 11.2. The van der Waals surface area contributed by atoms with E-state index in [1.54, 1.807) is 36.5 Å². The van der Waals surface area contributed by atoms with Gasteiger partial charge in [0.25, 0.3) is 5.91 Å². The van der Waals surface area contributed by atoms with Gasteiger partial charge in [-0.15, -0.1) is 0 Å². The molecule has 0 saturated heterocycles. The first-order valence-electron chi connectivity index (χ1n) is 6.06. The van der Waals surface area contributed by atoms with Crippen molar-refractivity contribution < 1.29 is 14.3 Å². The fourth-order valence-electron chi connectivity index (χ4n) is 1.91. The Kier molecular flexibility index (Phi) is 3.43. The first-order valence-corrected chi connectivity index (χ1v) is 6.44. The lowest BCUT2D eigenvalue weighted by Crippen LogP contribution is -2.20. The van der Waals surface area contributed by atoms with E-state index in [0.717, 1.165) is 0 Å². The minimum absolute atomic E-state index is 0.313. The molecule has 1 aliphatic heterocycles. The number of hydrogen-bond donors (Lipinski definition) is 1. The lowest BCUT2D eigenvalue weighted by atomic mass is 10.1. The predicted molar refractivity (Wildman–Crippen MR) is 74.6 cm³/mol. The second kappa shape index (κ2) is 5.38. The van der Waals surface area contributed by atoms with Gasteiger partial charge in [0.1, 0.15) is 13.2 Å². The van der Waals surface area contributed by atoms with Crippen molar-refractivity contribution in [1.82, 2.24) is 4.98 Å². The molecule has 2 aromatic rings. The number of carbonyl (C=O) groups is 1. The Balaban J connectivity index is 1.90. The molecule has 1 N–H and O–H groups in total. The lowest BCUT2D eigenvalue weighted by Gasteiger charge is -2.20. The highest BCUT2D eigenvalue weighted by Gasteiger charge is 2.21. The summed E-state index contributed by atoms with van der Waals surface area (Å²) in [5, 5.41) is 3.04. The summed E-state index contributed by atoms with van der Waals surface area (Å²) in [6, 6.07) is 8.52. The van der Waals surface area contributed by atoms with Crippen LogP contribution in [0.4, 0.5) is 5.82 Å². The van der Waals surface area contributed by atoms with Crippen LogP contribution in [0.3, 0.4) is 0 Å². The number of nitrogens with one attached hydrogen (secondary N) is 1. The number of fused-ring (bicyclic) bond motifs is 1. The monoisotopic (exact) mass is 290 g/mol. The van der Waals surface area contributed by atoms with Gasteiger partial charge in [-0.1, -0.05) is 17.7 Å². The highest BCUT2D eigenvalue weighted by atomic mass is 35.5. The number of halogens is 1. The van der Waals surface area contributed by atoms with Gasteiger partial charge in [0.2, 0.25) is 0 Å². The number of amides is 1. The molecule has 0 atom stereocenters. The molecular weight excluding hydrogens is 280 g/mol. The largest absolute Gasteiger partial charge is 0.486 e. The van der Waals surface area contributed by atoms with Gasteiger partial charge >= 0.3 is 0 Å². The zero-order chi connectivity index (χ0) is 13.9. The fraction of sp³-hybridized carbons (Fsp3) is 0.143. The van der Waals surface area contributed by atoms with Crippen LogP contribution in [-0.2, 0) is 0 Å². The quantitative estimate of drug-likeness (QED) is 0.924. The number of para-hydroxylation sites is 1. The van der Waals surface area contributed by atoms with Gasteiger partial charge in [-0.2, -0.15) is 0 Å². The summed E-state index contributed by atoms with van der Waals surface area (Å²) in [5.41, 5.74) is 0.393. The number of hydrogen-bond acceptors (Lipinski definition) is 4. The molecule has 0 fully saturated rings. The van der Waals surface area contributed by atoms with E-state index >= 15 is 0 Å². The Morgan fingerprint density at radius 3 is 2.90 bits per heavy atom. The second-order valence-corrected chi connectivity index (χ2v) is 4.52. The molecule has 0 aliphatic carbocycles. The number of rotatable bonds is 2. The summed E-state index contributed by atoms with van der Waals surface area (Å²) in [7, 11) is 0. The van der Waals surface area contributed by atoms with Crippen molar-refractivity contribution in [2.75, 3.05) is 18.5 Å². The topological polar surface area (TPSA) is 60.5 Å². The summed E-state index contributed by atoms with van der Waals surface area (Å²) in [4.78, 5) is 16.3. The van der Waals surface area contributed by atoms with Crippen LogP contribution in [-0.4, -0.2) is 24.1 Å². The highest BCUT2D eigenvalue weighted by molar-refractivity contribution is 6.33. The molecule has 2 heterocycles. The van der Waals surface area contributed by atoms with Crippen molar-refractivity contribution in [1.29, 1.82) is 0 Å². The molecule has 3 rings (SSSR count). The first kappa shape index (κ1) is 12.7. The minimum Gasteiger partial charge on any atom is -0.486 e. The number of pyridine rings is 1. The van der Waals surface area contributed by atoms with Crippen LogP contribution >= 0.6 is 11.6 Å². The second-order valence-electron chi connectivity index (χ2n) is 4.12. The smallest absolute Gasteiger partial charge is 0.260 e. The van der Waals surface area contributed by atoms with Crippen LogP contribution in [0, 0.1) is 0 Å². The summed E-state index contributed by atoms with van der Waals surface area (Å²) >= 11 is 5.97. The van der Waals surface area contributed by atoms with Gasteiger partial charge in [-0.05, 0) is 24.3 Å². The number of anilines is 1. The molecule has 0 unspecified atom stereocenters. The van der Waals surface area contributed by atoms with E-state index in [1.807, 2.05) is 0 Å². The highest BCUT2D eigenvalue weighted by Crippen LogP contribution is 2.34. The Morgan fingerprint density at radius 1 is 1.20 bits per heavy atom. The van der Waals surface area contributed by atoms with Crippen LogP contribution < -0.4 is 14.8 Å². The van der Waals surface area contributed by atoms with E-state index in [9.17, 15) is 4.79 Å². The third kappa shape index (κ3) is 2.40. The van der Waals surface area contributed by atoms with Crippen molar-refractivity contribution in [3.05, 3.63) is 47.1 Å². The molecule has 0 radical (unpaired) electrons. The van der Waals surface area contributed by atoms with E-state index in [4.69, 9.17) is 21.1 Å². The van der Waals surface area contributed by atoms with Crippen molar-refractivity contribution in [3.63, 3.8) is 0 Å². The van der Waals surface area contributed by atoms with Gasteiger partial charge in [0, 0.05) is 6.20 Å². The molecule has 102 valence electrons. The van der Waals surface area contributed by atoms with Crippen molar-refractivity contribution in [3.8, 4) is 11.5 Å². The van der Waals surface area contributed by atoms with E-state index in [1.165, 1.54) is 0 Å². The van der Waals surface area contributed by atoms with Crippen LogP contribution in [0.25, 0.3) is 0 Å². The summed E-state index contributed by atoms with van der Waals surface area (Å²) < 4.78 is 10.9. The molecule has 6 heteroatoms. The molecule has 0 spiro atoms. The molecular formula is C14H11ClN2O3. The van der Waals surface area contributed by atoms with Gasteiger partial charge in [0.05, 0.1) is 10.6 Å². The fourth-order valence-corrected chi connectivity index (χ4v) is 2.07. The van der Waals surface area contributed by atoms with Crippen LogP contribution in [0.15, 0.2) is 36.5 Å². The summed E-state index contributed by atoms with van der Waals surface area (Å²) in [5.74, 6) is 0.987. The van der Waals surface area contributed by atoms with Crippen LogP contribution in [0.1, 0.15) is 10.4 Å². The molecule has 1 aromatic carbocycles. The maximum Gasteiger partial charge on any atom is 0.260 e. The van der Waals surface area contributed by atoms with Crippen LogP contribution in [0.5, 0.6) is 11.5 Å². The Hall–Kier alpha value is -2.27. The number of carbonyl (C=O) groups excluding carboxylic acids is 1. The summed E-state index contributed by atoms with van der Waals surface area (Å²) in [6.45, 7) is 0.895. The SMILES string of the molecule is O=C(Nc1ncccc1Cl)c1cccc2c1OCCO2. The van der Waals surface area contributed by atoms with Gasteiger partial charge in [-0.25, -0.2) is 4.98 Å². The third-order valence-electron chi connectivity index (χ3n) is 2.80. The molecule has 1 aromatic heterocycles. The van der Waals surface area contributed by atoms with E-state index < -0.39 is 0 Å². The Labute approximate surface area is 120 Å². The molecule has 5 nitrogen and oxygen atoms in total. The molecule has 0 bridgehead atoms. The molecule has 1 aliphatic rings. The zero-order valence-electron chi connectivity index (χ0n) is 10.4. The third-order valence-corrected chi connectivity index (χ3v) is 3.11. The van der Waals surface area contributed by atoms with E-state index in [2.05, 4.69) is 10.3 Å². The van der Waals surface area contributed by atoms with E-state index in [-0.39, 0.29) is 5.91 Å². The van der Waals surface area contributed by atoms with Crippen molar-refractivity contribution in [2.24, 2.45) is 0 Å². The van der Waals surface area contributed by atoms with Crippen molar-refractivity contribution >= 4 is 23.3 Å². The molecule has 20 heavy (non-hydrogen) atoms. The molecule has 1 amide bonds. The number of nitrogens with zero attached hydrogens (tertiary/aromatic N) is 1. The van der Waals surface area contributed by atoms with Gasteiger partial charge in [-0.3, -0.25) is 4.79 Å². The van der Waals surface area contributed by atoms with Crippen molar-refractivity contribution in [2.45, 2.75) is 0 Å². The standard InChI is InChI=1S/C14H11ClN2O3/c15-10-4-2-6-16-13(10)17-14(18)9-3-1-5-11-12(9)20-8-7-19-11/h1-6H,7-8H2,(H,16,17,18). The number of benzene rings is 1. The normalized spacial score (nSPS) is 12.8. The first-order chi connectivity index (χ1) is 9.75. The maximum absolute atomic E-state index is 12.3. The Morgan fingerprint density at radius 2 is 2.05 bits per heavy atom. The summed E-state index contributed by atoms with van der Waals surface area (Å²) in [6.07, 6.45) is 1.56. The predicted octanol–water partition coefficient (Wildman–Crippen LogP) is 2.76. The molecule has 0 saturated carbocycles. The average Bonchev–Trinajstić information content (AvgIpc) is 2.49.